The molecule has 0 atom stereocenters. The molecular formula is C22H25N5O4. The quantitative estimate of drug-likeness (QED) is 0.561. The predicted octanol–water partition coefficient (Wildman–Crippen LogP) is 1.11. The minimum absolute atomic E-state index is 0.0736. The maximum absolute atomic E-state index is 13.1. The minimum atomic E-state index is -0.899. The molecule has 0 N–H and O–H groups in total. The number of aromatic nitrogens is 3. The number of hydrogen-bond donors (Lipinski definition) is 0. The number of rotatable bonds is 9. The molecule has 0 fully saturated rings. The molecule has 0 bridgehead atoms. The average Bonchev–Trinajstić information content (AvgIpc) is 2.74. The van der Waals surface area contributed by atoms with Gasteiger partial charge in [-0.1, -0.05) is 18.2 Å². The zero-order chi connectivity index (χ0) is 23.1. The van der Waals surface area contributed by atoms with Gasteiger partial charge in [-0.3, -0.25) is 4.79 Å². The highest BCUT2D eigenvalue weighted by molar-refractivity contribution is 5.93. The minimum Gasteiger partial charge on any atom is -0.310 e. The van der Waals surface area contributed by atoms with Gasteiger partial charge in [-0.05, 0) is 37.1 Å². The van der Waals surface area contributed by atoms with Gasteiger partial charge in [0.25, 0.3) is 0 Å². The number of aryl methyl sites for hydroxylation is 2. The van der Waals surface area contributed by atoms with Crippen molar-refractivity contribution in [3.63, 3.8) is 0 Å². The third kappa shape index (κ3) is 4.98. The van der Waals surface area contributed by atoms with Crippen molar-refractivity contribution in [3.05, 3.63) is 86.1 Å². The summed E-state index contributed by atoms with van der Waals surface area (Å²) in [5.41, 5.74) is -0.0438. The predicted molar refractivity (Wildman–Crippen MR) is 118 cm³/mol. The van der Waals surface area contributed by atoms with Crippen molar-refractivity contribution >= 4 is 11.6 Å². The Kier molecular flexibility index (Phi) is 7.69. The Balaban J connectivity index is 2.57. The lowest BCUT2D eigenvalue weighted by atomic mass is 10.1. The Morgan fingerprint density at radius 3 is 2.03 bits per heavy atom. The van der Waals surface area contributed by atoms with Gasteiger partial charge in [-0.15, -0.1) is 13.2 Å². The second-order valence-corrected chi connectivity index (χ2v) is 6.95. The molecule has 0 saturated heterocycles. The number of nitriles is 1. The van der Waals surface area contributed by atoms with Crippen LogP contribution in [0.15, 0.2) is 57.9 Å². The fraction of sp³-hybridized carbons (Fsp3) is 0.318. The van der Waals surface area contributed by atoms with E-state index in [9.17, 15) is 19.2 Å². The highest BCUT2D eigenvalue weighted by Crippen LogP contribution is 2.19. The molecule has 1 heterocycles. The van der Waals surface area contributed by atoms with E-state index in [1.54, 1.807) is 6.07 Å². The van der Waals surface area contributed by atoms with E-state index in [2.05, 4.69) is 13.2 Å². The molecule has 1 aromatic heterocycles. The molecule has 1 aromatic carbocycles. The Labute approximate surface area is 179 Å². The van der Waals surface area contributed by atoms with E-state index in [-0.39, 0.29) is 26.1 Å². The lowest BCUT2D eigenvalue weighted by Gasteiger charge is -2.23. The van der Waals surface area contributed by atoms with Gasteiger partial charge in [0.1, 0.15) is 6.54 Å². The third-order valence-corrected chi connectivity index (χ3v) is 4.85. The van der Waals surface area contributed by atoms with Crippen LogP contribution in [-0.4, -0.2) is 26.2 Å². The highest BCUT2D eigenvalue weighted by Gasteiger charge is 2.21. The van der Waals surface area contributed by atoms with Crippen LogP contribution in [-0.2, 0) is 24.4 Å². The summed E-state index contributed by atoms with van der Waals surface area (Å²) in [5.74, 6) is -0.549. The summed E-state index contributed by atoms with van der Waals surface area (Å²) in [4.78, 5) is 52.5. The summed E-state index contributed by atoms with van der Waals surface area (Å²) >= 11 is 0. The zero-order valence-electron chi connectivity index (χ0n) is 17.7. The summed E-state index contributed by atoms with van der Waals surface area (Å²) in [5, 5.41) is 8.99. The first-order chi connectivity index (χ1) is 14.8. The molecule has 31 heavy (non-hydrogen) atoms. The van der Waals surface area contributed by atoms with Crippen molar-refractivity contribution in [3.8, 4) is 6.07 Å². The van der Waals surface area contributed by atoms with Crippen molar-refractivity contribution < 1.29 is 4.79 Å². The van der Waals surface area contributed by atoms with Crippen LogP contribution >= 0.6 is 0 Å². The molecule has 0 aliphatic heterocycles. The normalized spacial score (nSPS) is 10.4. The third-order valence-electron chi connectivity index (χ3n) is 4.85. The van der Waals surface area contributed by atoms with E-state index in [1.807, 2.05) is 32.0 Å². The van der Waals surface area contributed by atoms with E-state index >= 15 is 0 Å². The van der Waals surface area contributed by atoms with Gasteiger partial charge in [-0.2, -0.15) is 5.26 Å². The van der Waals surface area contributed by atoms with E-state index in [0.717, 1.165) is 24.8 Å². The highest BCUT2D eigenvalue weighted by atomic mass is 16.2. The lowest BCUT2D eigenvalue weighted by molar-refractivity contribution is -0.119. The molecule has 2 rings (SSSR count). The average molecular weight is 423 g/mol. The van der Waals surface area contributed by atoms with Crippen molar-refractivity contribution in [1.29, 1.82) is 5.26 Å². The molecule has 2 aromatic rings. The molecule has 1 amide bonds. The maximum atomic E-state index is 13.1. The molecule has 0 saturated carbocycles. The summed E-state index contributed by atoms with van der Waals surface area (Å²) in [6.45, 7) is 10.2. The van der Waals surface area contributed by atoms with Gasteiger partial charge in [0, 0.05) is 12.2 Å². The van der Waals surface area contributed by atoms with E-state index in [4.69, 9.17) is 5.26 Å². The van der Waals surface area contributed by atoms with Crippen LogP contribution in [0.5, 0.6) is 0 Å². The van der Waals surface area contributed by atoms with Gasteiger partial charge in [0.15, 0.2) is 0 Å². The summed E-state index contributed by atoms with van der Waals surface area (Å²) < 4.78 is 2.39. The van der Waals surface area contributed by atoms with Crippen LogP contribution in [0.1, 0.15) is 17.5 Å². The molecule has 9 nitrogen and oxygen atoms in total. The number of amides is 1. The smallest absolute Gasteiger partial charge is 0.310 e. The first-order valence-electron chi connectivity index (χ1n) is 9.67. The van der Waals surface area contributed by atoms with Crippen molar-refractivity contribution in [1.82, 2.24) is 13.7 Å². The Bertz CT molecular complexity index is 1180. The molecule has 9 heteroatoms. The Morgan fingerprint density at radius 2 is 1.55 bits per heavy atom. The number of anilines is 1. The number of benzene rings is 1. The van der Waals surface area contributed by atoms with Gasteiger partial charge in [0.2, 0.25) is 5.91 Å². The van der Waals surface area contributed by atoms with Crippen LogP contribution in [0.4, 0.5) is 5.69 Å². The Morgan fingerprint density at radius 1 is 1.00 bits per heavy atom. The number of carbonyl (C=O) groups is 1. The van der Waals surface area contributed by atoms with E-state index < -0.39 is 29.5 Å². The SMILES string of the molecule is C=CCn1c(=O)n(CC=C)c(=O)n(CC(=O)N(CCC#N)c2ccc(C)c(C)c2)c1=O. The fourth-order valence-electron chi connectivity index (χ4n) is 3.06. The molecule has 0 aliphatic rings. The summed E-state index contributed by atoms with van der Waals surface area (Å²) in [6, 6.07) is 7.40. The first-order valence-corrected chi connectivity index (χ1v) is 9.67. The second kappa shape index (κ2) is 10.2. The number of hydrogen-bond acceptors (Lipinski definition) is 5. The van der Waals surface area contributed by atoms with Crippen LogP contribution in [0.2, 0.25) is 0 Å². The fourth-order valence-corrected chi connectivity index (χ4v) is 3.06. The number of allylic oxidation sites excluding steroid dienone is 2. The molecule has 0 radical (unpaired) electrons. The first kappa shape index (κ1) is 23.3. The second-order valence-electron chi connectivity index (χ2n) is 6.95. The van der Waals surface area contributed by atoms with Gasteiger partial charge < -0.3 is 4.90 Å². The maximum Gasteiger partial charge on any atom is 0.337 e. The van der Waals surface area contributed by atoms with E-state index in [1.165, 1.54) is 17.1 Å². The van der Waals surface area contributed by atoms with Crippen LogP contribution in [0.25, 0.3) is 0 Å². The van der Waals surface area contributed by atoms with Crippen molar-refractivity contribution in [2.45, 2.75) is 39.9 Å². The monoisotopic (exact) mass is 423 g/mol. The molecule has 0 aliphatic carbocycles. The molecule has 162 valence electrons. The number of carbonyl (C=O) groups excluding carboxylic acids is 1. The summed E-state index contributed by atoms with van der Waals surface area (Å²) in [6.07, 6.45) is 2.78. The van der Waals surface area contributed by atoms with Gasteiger partial charge in [-0.25, -0.2) is 28.1 Å². The molecule has 0 unspecified atom stereocenters. The van der Waals surface area contributed by atoms with Crippen molar-refractivity contribution in [2.24, 2.45) is 0 Å². The van der Waals surface area contributed by atoms with Crippen LogP contribution < -0.4 is 22.0 Å². The van der Waals surface area contributed by atoms with Crippen LogP contribution in [0, 0.1) is 25.2 Å². The zero-order valence-corrected chi connectivity index (χ0v) is 17.7. The Hall–Kier alpha value is -3.93. The summed E-state index contributed by atoms with van der Waals surface area (Å²) in [7, 11) is 0. The largest absolute Gasteiger partial charge is 0.337 e. The van der Waals surface area contributed by atoms with Crippen molar-refractivity contribution in [2.75, 3.05) is 11.4 Å². The van der Waals surface area contributed by atoms with Crippen LogP contribution in [0.3, 0.4) is 0 Å². The molecule has 0 spiro atoms. The number of nitrogens with zero attached hydrogens (tertiary/aromatic N) is 5. The topological polar surface area (TPSA) is 110 Å². The molecular weight excluding hydrogens is 398 g/mol. The standard InChI is InChI=1S/C22H25N5O4/c1-5-11-25-20(29)26(12-6-2)22(31)27(21(25)30)15-19(28)24(13-7-10-23)18-9-8-16(3)17(4)14-18/h5-6,8-9,14H,1-2,7,11-13,15H2,3-4H3. The van der Waals surface area contributed by atoms with E-state index in [0.29, 0.717) is 5.69 Å². The van der Waals surface area contributed by atoms with Gasteiger partial charge >= 0.3 is 17.1 Å². The lowest BCUT2D eigenvalue weighted by Crippen LogP contribution is -2.55. The van der Waals surface area contributed by atoms with Gasteiger partial charge in [0.05, 0.1) is 25.6 Å².